The van der Waals surface area contributed by atoms with Gasteiger partial charge in [-0.05, 0) is 36.2 Å². The van der Waals surface area contributed by atoms with Gasteiger partial charge in [0, 0.05) is 17.7 Å². The summed E-state index contributed by atoms with van der Waals surface area (Å²) in [7, 11) is 0. The SMILES string of the molecule is Cc1ccccc1NC(=O)[C@H](Cc1ccccc1)NC(=O)c1ccccc1. The highest BCUT2D eigenvalue weighted by Crippen LogP contribution is 2.14. The quantitative estimate of drug-likeness (QED) is 0.700. The molecule has 3 rings (SSSR count). The lowest BCUT2D eigenvalue weighted by Crippen LogP contribution is -2.45. The molecule has 2 amide bonds. The fraction of sp³-hybridized carbons (Fsp3) is 0.130. The molecule has 0 radical (unpaired) electrons. The van der Waals surface area contributed by atoms with Crippen molar-refractivity contribution >= 4 is 17.5 Å². The van der Waals surface area contributed by atoms with Crippen molar-refractivity contribution in [2.24, 2.45) is 0 Å². The van der Waals surface area contributed by atoms with Crippen molar-refractivity contribution in [3.05, 3.63) is 102 Å². The number of nitrogens with one attached hydrogen (secondary N) is 2. The molecule has 4 heteroatoms. The first-order valence-electron chi connectivity index (χ1n) is 8.90. The van der Waals surface area contributed by atoms with Crippen LogP contribution in [0, 0.1) is 6.92 Å². The zero-order chi connectivity index (χ0) is 19.1. The van der Waals surface area contributed by atoms with Crippen LogP contribution >= 0.6 is 0 Å². The third-order valence-electron chi connectivity index (χ3n) is 4.34. The zero-order valence-corrected chi connectivity index (χ0v) is 15.2. The van der Waals surface area contributed by atoms with Gasteiger partial charge in [-0.2, -0.15) is 0 Å². The van der Waals surface area contributed by atoms with Crippen LogP contribution in [-0.2, 0) is 11.2 Å². The second-order valence-electron chi connectivity index (χ2n) is 6.39. The van der Waals surface area contributed by atoms with Gasteiger partial charge in [0.1, 0.15) is 6.04 Å². The first kappa shape index (κ1) is 18.4. The van der Waals surface area contributed by atoms with Gasteiger partial charge in [0.2, 0.25) is 5.91 Å². The summed E-state index contributed by atoms with van der Waals surface area (Å²) < 4.78 is 0. The van der Waals surface area contributed by atoms with E-state index >= 15 is 0 Å². The molecule has 1 atom stereocenters. The summed E-state index contributed by atoms with van der Waals surface area (Å²) >= 11 is 0. The Morgan fingerprint density at radius 2 is 1.41 bits per heavy atom. The summed E-state index contributed by atoms with van der Waals surface area (Å²) in [6.45, 7) is 1.93. The summed E-state index contributed by atoms with van der Waals surface area (Å²) in [6, 6.07) is 25.5. The van der Waals surface area contributed by atoms with Crippen LogP contribution < -0.4 is 10.6 Å². The number of anilines is 1. The van der Waals surface area contributed by atoms with E-state index in [4.69, 9.17) is 0 Å². The van der Waals surface area contributed by atoms with Crippen molar-refractivity contribution < 1.29 is 9.59 Å². The topological polar surface area (TPSA) is 58.2 Å². The number of aryl methyl sites for hydroxylation is 1. The summed E-state index contributed by atoms with van der Waals surface area (Å²) in [5, 5.41) is 5.80. The second-order valence-corrected chi connectivity index (χ2v) is 6.39. The van der Waals surface area contributed by atoms with Crippen LogP contribution in [0.1, 0.15) is 21.5 Å². The van der Waals surface area contributed by atoms with Crippen LogP contribution in [0.3, 0.4) is 0 Å². The van der Waals surface area contributed by atoms with Crippen LogP contribution in [0.25, 0.3) is 0 Å². The Hall–Kier alpha value is -3.40. The molecular formula is C23H22N2O2. The zero-order valence-electron chi connectivity index (χ0n) is 15.2. The predicted octanol–water partition coefficient (Wildman–Crippen LogP) is 3.97. The smallest absolute Gasteiger partial charge is 0.251 e. The number of amides is 2. The molecule has 136 valence electrons. The van der Waals surface area contributed by atoms with E-state index in [1.54, 1.807) is 24.3 Å². The molecule has 0 aliphatic rings. The Morgan fingerprint density at radius 1 is 0.815 bits per heavy atom. The lowest BCUT2D eigenvalue weighted by Gasteiger charge is -2.19. The van der Waals surface area contributed by atoms with Crippen LogP contribution in [0.2, 0.25) is 0 Å². The molecule has 0 bridgehead atoms. The lowest BCUT2D eigenvalue weighted by molar-refractivity contribution is -0.118. The third-order valence-corrected chi connectivity index (χ3v) is 4.34. The van der Waals surface area contributed by atoms with Crippen LogP contribution in [0.4, 0.5) is 5.69 Å². The largest absolute Gasteiger partial charge is 0.340 e. The summed E-state index contributed by atoms with van der Waals surface area (Å²) in [5.74, 6) is -0.506. The van der Waals surface area contributed by atoms with Crippen molar-refractivity contribution in [3.8, 4) is 0 Å². The standard InChI is InChI=1S/C23H22N2O2/c1-17-10-8-9-15-20(17)24-23(27)21(16-18-11-4-2-5-12-18)25-22(26)19-13-6-3-7-14-19/h2-15,21H,16H2,1H3,(H,24,27)(H,25,26)/t21-/m0/s1. The predicted molar refractivity (Wildman–Crippen MR) is 108 cm³/mol. The Labute approximate surface area is 159 Å². The van der Waals surface area contributed by atoms with Crippen LogP contribution in [0.5, 0.6) is 0 Å². The second kappa shape index (κ2) is 8.81. The van der Waals surface area contributed by atoms with Crippen molar-refractivity contribution in [3.63, 3.8) is 0 Å². The maximum absolute atomic E-state index is 12.9. The highest BCUT2D eigenvalue weighted by atomic mass is 16.2. The lowest BCUT2D eigenvalue weighted by atomic mass is 10.0. The van der Waals surface area contributed by atoms with Gasteiger partial charge >= 0.3 is 0 Å². The maximum atomic E-state index is 12.9. The maximum Gasteiger partial charge on any atom is 0.251 e. The van der Waals surface area contributed by atoms with E-state index in [2.05, 4.69) is 10.6 Å². The third kappa shape index (κ3) is 5.05. The van der Waals surface area contributed by atoms with Gasteiger partial charge in [-0.15, -0.1) is 0 Å². The van der Waals surface area contributed by atoms with Gasteiger partial charge in [-0.1, -0.05) is 66.7 Å². The normalized spacial score (nSPS) is 11.4. The number of benzene rings is 3. The average molecular weight is 358 g/mol. The molecule has 2 N–H and O–H groups in total. The van der Waals surface area contributed by atoms with Crippen LogP contribution in [0.15, 0.2) is 84.9 Å². The van der Waals surface area contributed by atoms with Gasteiger partial charge < -0.3 is 10.6 Å². The molecule has 0 saturated heterocycles. The average Bonchev–Trinajstić information content (AvgIpc) is 2.70. The van der Waals surface area contributed by atoms with E-state index in [9.17, 15) is 9.59 Å². The Morgan fingerprint density at radius 3 is 2.07 bits per heavy atom. The van der Waals surface area contributed by atoms with Gasteiger partial charge in [0.15, 0.2) is 0 Å². The number of hydrogen-bond acceptors (Lipinski definition) is 2. The number of para-hydroxylation sites is 1. The molecule has 27 heavy (non-hydrogen) atoms. The highest BCUT2D eigenvalue weighted by Gasteiger charge is 2.22. The minimum atomic E-state index is -0.681. The molecule has 0 heterocycles. The molecule has 3 aromatic carbocycles. The monoisotopic (exact) mass is 358 g/mol. The molecule has 0 fully saturated rings. The minimum absolute atomic E-state index is 0.238. The summed E-state index contributed by atoms with van der Waals surface area (Å²) in [4.78, 5) is 25.5. The van der Waals surface area contributed by atoms with E-state index in [-0.39, 0.29) is 11.8 Å². The molecule has 0 spiro atoms. The Bertz CT molecular complexity index is 908. The van der Waals surface area contributed by atoms with E-state index < -0.39 is 6.04 Å². The summed E-state index contributed by atoms with van der Waals surface area (Å²) in [5.41, 5.74) is 3.23. The molecular weight excluding hydrogens is 336 g/mol. The number of carbonyl (C=O) groups is 2. The molecule has 0 unspecified atom stereocenters. The van der Waals surface area contributed by atoms with Gasteiger partial charge in [0.25, 0.3) is 5.91 Å². The molecule has 0 aliphatic carbocycles. The molecule has 0 aliphatic heterocycles. The first-order chi connectivity index (χ1) is 13.1. The summed E-state index contributed by atoms with van der Waals surface area (Å²) in [6.07, 6.45) is 0.414. The molecule has 4 nitrogen and oxygen atoms in total. The van der Waals surface area contributed by atoms with Gasteiger partial charge in [0.05, 0.1) is 0 Å². The Balaban J connectivity index is 1.79. The minimum Gasteiger partial charge on any atom is -0.340 e. The van der Waals surface area contributed by atoms with E-state index in [1.165, 1.54) is 0 Å². The first-order valence-corrected chi connectivity index (χ1v) is 8.90. The molecule has 0 saturated carbocycles. The fourth-order valence-electron chi connectivity index (χ4n) is 2.82. The molecule has 3 aromatic rings. The number of rotatable bonds is 6. The van der Waals surface area contributed by atoms with E-state index in [0.717, 1.165) is 16.8 Å². The van der Waals surface area contributed by atoms with E-state index in [1.807, 2.05) is 67.6 Å². The van der Waals surface area contributed by atoms with Gasteiger partial charge in [-0.25, -0.2) is 0 Å². The van der Waals surface area contributed by atoms with Crippen molar-refractivity contribution in [2.75, 3.05) is 5.32 Å². The van der Waals surface area contributed by atoms with Crippen molar-refractivity contribution in [1.29, 1.82) is 0 Å². The molecule has 0 aromatic heterocycles. The number of hydrogen-bond donors (Lipinski definition) is 2. The number of carbonyl (C=O) groups excluding carboxylic acids is 2. The van der Waals surface area contributed by atoms with Crippen molar-refractivity contribution in [2.45, 2.75) is 19.4 Å². The fourth-order valence-corrected chi connectivity index (χ4v) is 2.82. The van der Waals surface area contributed by atoms with Crippen LogP contribution in [-0.4, -0.2) is 17.9 Å². The van der Waals surface area contributed by atoms with Gasteiger partial charge in [-0.3, -0.25) is 9.59 Å². The highest BCUT2D eigenvalue weighted by molar-refractivity contribution is 6.01. The van der Waals surface area contributed by atoms with E-state index in [0.29, 0.717) is 12.0 Å². The Kier molecular flexibility index (Phi) is 6.00. The van der Waals surface area contributed by atoms with Crippen molar-refractivity contribution in [1.82, 2.24) is 5.32 Å².